The Balaban J connectivity index is 1.41. The molecule has 2 aromatic carbocycles. The first-order chi connectivity index (χ1) is 21.7. The number of Topliss-reactive ketones (excluding diaryl/α,β-unsaturated/α-hetero) is 1. The predicted octanol–water partition coefficient (Wildman–Crippen LogP) is 7.41. The van der Waals surface area contributed by atoms with Crippen LogP contribution in [-0.2, 0) is 31.1 Å². The zero-order chi connectivity index (χ0) is 31.6. The van der Waals surface area contributed by atoms with Crippen molar-refractivity contribution in [3.8, 4) is 5.75 Å². The number of halogens is 1. The van der Waals surface area contributed by atoms with Crippen LogP contribution in [0, 0.1) is 11.8 Å². The van der Waals surface area contributed by atoms with Crippen LogP contribution >= 0.6 is 11.6 Å². The summed E-state index contributed by atoms with van der Waals surface area (Å²) < 4.78 is 31.1. The van der Waals surface area contributed by atoms with E-state index in [0.717, 1.165) is 80.9 Å². The number of fused-ring (bicyclic) bond motifs is 4. The summed E-state index contributed by atoms with van der Waals surface area (Å²) >= 11 is 6.44. The fourth-order valence-electron chi connectivity index (χ4n) is 8.15. The third-order valence-corrected chi connectivity index (χ3v) is 13.0. The third kappa shape index (κ3) is 6.98. The normalized spacial score (nSPS) is 30.2. The molecule has 7 nitrogen and oxygen atoms in total. The van der Waals surface area contributed by atoms with Gasteiger partial charge in [-0.15, -0.1) is 0 Å². The van der Waals surface area contributed by atoms with Gasteiger partial charge in [0.2, 0.25) is 0 Å². The Morgan fingerprint density at radius 3 is 2.78 bits per heavy atom. The van der Waals surface area contributed by atoms with E-state index >= 15 is 0 Å². The van der Waals surface area contributed by atoms with Crippen LogP contribution in [0.25, 0.3) is 0 Å². The minimum Gasteiger partial charge on any atom is -0.490 e. The molecule has 4 aliphatic rings. The number of aryl methyl sites for hydroxylation is 1. The van der Waals surface area contributed by atoms with Crippen molar-refractivity contribution in [2.75, 3.05) is 43.2 Å². The van der Waals surface area contributed by atoms with E-state index in [-0.39, 0.29) is 28.8 Å². The number of ether oxygens (including phenoxy) is 2. The van der Waals surface area contributed by atoms with Crippen LogP contribution < -0.4 is 9.64 Å². The first-order valence-electron chi connectivity index (χ1n) is 16.8. The molecule has 0 unspecified atom stereocenters. The SMILES string of the molecule is CCCC(=O)C[S@@]1(=O)=NC(=O)c2ccc3c(c2)N(C[C@@H]2CC[C@H]2[C@@H](OC)CCCCC1)C[C@@]1(CCCc2cc(Cl)ccc21)CO3. The molecule has 0 radical (unpaired) electrons. The first-order valence-corrected chi connectivity index (χ1v) is 19.1. The minimum absolute atomic E-state index is 0.0928. The smallest absolute Gasteiger partial charge is 0.285 e. The molecule has 2 heterocycles. The Bertz CT molecular complexity index is 1550. The van der Waals surface area contributed by atoms with Gasteiger partial charge in [0.05, 0.1) is 33.9 Å². The van der Waals surface area contributed by atoms with Crippen molar-refractivity contribution >= 4 is 38.7 Å². The number of rotatable bonds is 5. The lowest BCUT2D eigenvalue weighted by Crippen LogP contribution is -2.49. The second-order valence-electron chi connectivity index (χ2n) is 13.7. The highest BCUT2D eigenvalue weighted by molar-refractivity contribution is 7.94. The largest absolute Gasteiger partial charge is 0.490 e. The number of methoxy groups -OCH3 is 1. The molecular formula is C36H47ClN2O5S. The van der Waals surface area contributed by atoms with E-state index in [0.29, 0.717) is 43.3 Å². The van der Waals surface area contributed by atoms with Crippen LogP contribution in [-0.4, -0.2) is 60.3 Å². The minimum atomic E-state index is -3.03. The van der Waals surface area contributed by atoms with Crippen molar-refractivity contribution in [1.29, 1.82) is 0 Å². The van der Waals surface area contributed by atoms with Crippen LogP contribution in [0.5, 0.6) is 5.75 Å². The molecular weight excluding hydrogens is 608 g/mol. The molecule has 2 aliphatic carbocycles. The van der Waals surface area contributed by atoms with Crippen molar-refractivity contribution in [2.24, 2.45) is 16.2 Å². The zero-order valence-electron chi connectivity index (χ0n) is 26.7. The maximum atomic E-state index is 14.1. The van der Waals surface area contributed by atoms with Gasteiger partial charge in [-0.1, -0.05) is 37.4 Å². The number of anilines is 1. The monoisotopic (exact) mass is 654 g/mol. The molecule has 0 saturated heterocycles. The Labute approximate surface area is 273 Å². The van der Waals surface area contributed by atoms with Gasteiger partial charge in [-0.05, 0) is 105 Å². The molecule has 1 spiro atoms. The second kappa shape index (κ2) is 13.7. The Hall–Kier alpha value is -2.42. The molecule has 2 bridgehead atoms. The Morgan fingerprint density at radius 2 is 2.00 bits per heavy atom. The van der Waals surface area contributed by atoms with Gasteiger partial charge in [-0.3, -0.25) is 9.59 Å². The number of hydrogen-bond acceptors (Lipinski definition) is 6. The molecule has 2 aliphatic heterocycles. The number of carbonyl (C=O) groups excluding carboxylic acids is 2. The fourth-order valence-corrected chi connectivity index (χ4v) is 10.4. The fraction of sp³-hybridized carbons (Fsp3) is 0.611. The van der Waals surface area contributed by atoms with Gasteiger partial charge in [0, 0.05) is 48.4 Å². The molecule has 0 N–H and O–H groups in total. The summed E-state index contributed by atoms with van der Waals surface area (Å²) in [6, 6.07) is 11.8. The van der Waals surface area contributed by atoms with Crippen molar-refractivity contribution in [1.82, 2.24) is 0 Å². The predicted molar refractivity (Wildman–Crippen MR) is 180 cm³/mol. The molecule has 1 amide bonds. The molecule has 1 fully saturated rings. The van der Waals surface area contributed by atoms with Gasteiger partial charge in [0.15, 0.2) is 0 Å². The molecule has 6 rings (SSSR count). The second-order valence-corrected chi connectivity index (χ2v) is 16.6. The highest BCUT2D eigenvalue weighted by atomic mass is 35.5. The van der Waals surface area contributed by atoms with E-state index < -0.39 is 15.6 Å². The average molecular weight is 655 g/mol. The Morgan fingerprint density at radius 1 is 1.13 bits per heavy atom. The van der Waals surface area contributed by atoms with Crippen LogP contribution in [0.15, 0.2) is 40.8 Å². The first kappa shape index (κ1) is 32.5. The lowest BCUT2D eigenvalue weighted by atomic mass is 9.68. The standard InChI is InChI=1S/C36H47ClN2O5S/c1-3-8-29(40)22-45(42)18-6-4-5-10-33(43-2)30-14-11-27(30)21-39-23-36(17-7-9-25-19-28(37)13-15-31(25)36)24-44-34-16-12-26(20-32(34)39)35(41)38-45/h12-13,15-16,19-20,27,30,33H,3-11,14,17-18,21-24H2,1-2H3/t27-,30+,33-,36-,45+/m0/s1. The van der Waals surface area contributed by atoms with Crippen LogP contribution in [0.1, 0.15) is 92.6 Å². The van der Waals surface area contributed by atoms with Crippen LogP contribution in [0.4, 0.5) is 5.69 Å². The van der Waals surface area contributed by atoms with E-state index in [9.17, 15) is 13.8 Å². The number of amides is 1. The zero-order valence-corrected chi connectivity index (χ0v) is 28.3. The average Bonchev–Trinajstić information content (AvgIpc) is 3.14. The molecule has 5 atom stereocenters. The molecule has 9 heteroatoms. The molecule has 244 valence electrons. The summed E-state index contributed by atoms with van der Waals surface area (Å²) in [5.74, 6) is 1.18. The van der Waals surface area contributed by atoms with Crippen LogP contribution in [0.3, 0.4) is 0 Å². The van der Waals surface area contributed by atoms with Gasteiger partial charge < -0.3 is 14.4 Å². The number of ketones is 1. The van der Waals surface area contributed by atoms with Crippen molar-refractivity contribution in [2.45, 2.75) is 89.1 Å². The summed E-state index contributed by atoms with van der Waals surface area (Å²) in [7, 11) is -1.20. The number of nitrogens with zero attached hydrogens (tertiary/aromatic N) is 2. The summed E-state index contributed by atoms with van der Waals surface area (Å²) in [5, 5.41) is 0.761. The molecule has 2 aromatic rings. The maximum Gasteiger partial charge on any atom is 0.285 e. The summed E-state index contributed by atoms with van der Waals surface area (Å²) in [6.45, 7) is 4.10. The quantitative estimate of drug-likeness (QED) is 0.334. The van der Waals surface area contributed by atoms with Crippen molar-refractivity contribution in [3.63, 3.8) is 0 Å². The van der Waals surface area contributed by atoms with Gasteiger partial charge in [-0.2, -0.15) is 4.36 Å². The van der Waals surface area contributed by atoms with Gasteiger partial charge in [-0.25, -0.2) is 4.21 Å². The maximum absolute atomic E-state index is 14.1. The molecule has 1 saturated carbocycles. The molecule has 45 heavy (non-hydrogen) atoms. The highest BCUT2D eigenvalue weighted by Gasteiger charge is 2.44. The topological polar surface area (TPSA) is 85.3 Å². The van der Waals surface area contributed by atoms with E-state index in [1.54, 1.807) is 6.07 Å². The van der Waals surface area contributed by atoms with Gasteiger partial charge in [0.25, 0.3) is 5.91 Å². The van der Waals surface area contributed by atoms with Crippen molar-refractivity contribution in [3.05, 3.63) is 58.1 Å². The van der Waals surface area contributed by atoms with E-state index in [1.807, 2.05) is 32.2 Å². The van der Waals surface area contributed by atoms with E-state index in [4.69, 9.17) is 21.1 Å². The van der Waals surface area contributed by atoms with Gasteiger partial charge >= 0.3 is 0 Å². The number of benzene rings is 2. The highest BCUT2D eigenvalue weighted by Crippen LogP contribution is 2.47. The lowest BCUT2D eigenvalue weighted by molar-refractivity contribution is -0.116. The summed E-state index contributed by atoms with van der Waals surface area (Å²) in [6.07, 6.45) is 10.0. The lowest BCUT2D eigenvalue weighted by Gasteiger charge is -2.46. The van der Waals surface area contributed by atoms with Crippen molar-refractivity contribution < 1.29 is 23.3 Å². The Kier molecular flexibility index (Phi) is 9.93. The van der Waals surface area contributed by atoms with Crippen LogP contribution in [0.2, 0.25) is 5.02 Å². The number of hydrogen-bond donors (Lipinski definition) is 0. The summed E-state index contributed by atoms with van der Waals surface area (Å²) in [5.41, 5.74) is 3.66. The summed E-state index contributed by atoms with van der Waals surface area (Å²) in [4.78, 5) is 28.8. The van der Waals surface area contributed by atoms with E-state index in [1.165, 1.54) is 11.1 Å². The molecule has 0 aromatic heterocycles. The third-order valence-electron chi connectivity index (χ3n) is 10.6. The number of carbonyl (C=O) groups is 2. The van der Waals surface area contributed by atoms with E-state index in [2.05, 4.69) is 21.4 Å². The van der Waals surface area contributed by atoms with Gasteiger partial charge in [0.1, 0.15) is 11.5 Å².